The molecule has 0 amide bonds. The van der Waals surface area contributed by atoms with Crippen LogP contribution < -0.4 is 4.74 Å². The summed E-state index contributed by atoms with van der Waals surface area (Å²) in [5.74, 6) is 0.441. The van der Waals surface area contributed by atoms with Crippen molar-refractivity contribution in [3.05, 3.63) is 106 Å². The van der Waals surface area contributed by atoms with Crippen molar-refractivity contribution in [1.29, 1.82) is 0 Å². The molecule has 0 aliphatic heterocycles. The van der Waals surface area contributed by atoms with Crippen LogP contribution in [0.15, 0.2) is 78.9 Å². The maximum atomic E-state index is 13.2. The van der Waals surface area contributed by atoms with E-state index in [1.807, 2.05) is 42.5 Å². The molecule has 0 radical (unpaired) electrons. The third-order valence-electron chi connectivity index (χ3n) is 4.95. The van der Waals surface area contributed by atoms with Crippen LogP contribution in [-0.4, -0.2) is 11.6 Å². The van der Waals surface area contributed by atoms with Gasteiger partial charge in [-0.2, -0.15) is 0 Å². The Morgan fingerprint density at radius 3 is 2.11 bits per heavy atom. The molecule has 134 valence electrons. The molecule has 0 heterocycles. The summed E-state index contributed by atoms with van der Waals surface area (Å²) in [5.41, 5.74) is 1.14. The van der Waals surface area contributed by atoms with Crippen LogP contribution in [0.3, 0.4) is 0 Å². The number of benzene rings is 4. The average molecular weight is 385 g/mol. The third-order valence-corrected chi connectivity index (χ3v) is 5.27. The fourth-order valence-corrected chi connectivity index (χ4v) is 3.92. The Hall–Kier alpha value is -3.43. The van der Waals surface area contributed by atoms with Crippen molar-refractivity contribution in [2.24, 2.45) is 0 Å². The third kappa shape index (κ3) is 2.44. The van der Waals surface area contributed by atoms with Gasteiger partial charge in [0.05, 0.1) is 16.1 Å². The van der Waals surface area contributed by atoms with Crippen molar-refractivity contribution in [1.82, 2.24) is 0 Å². The average Bonchev–Trinajstić information content (AvgIpc) is 2.72. The van der Waals surface area contributed by atoms with Gasteiger partial charge in [0.25, 0.3) is 0 Å². The molecule has 0 saturated carbocycles. The number of carbonyl (C=O) groups is 2. The molecular formula is C24H13ClO3. The summed E-state index contributed by atoms with van der Waals surface area (Å²) < 4.78 is 6.15. The van der Waals surface area contributed by atoms with E-state index >= 15 is 0 Å². The minimum absolute atomic E-state index is 0.226. The Morgan fingerprint density at radius 2 is 1.25 bits per heavy atom. The predicted molar refractivity (Wildman–Crippen MR) is 109 cm³/mol. The van der Waals surface area contributed by atoms with Gasteiger partial charge in [0.15, 0.2) is 11.6 Å². The number of hydrogen-bond acceptors (Lipinski definition) is 3. The van der Waals surface area contributed by atoms with Crippen LogP contribution in [0, 0.1) is 0 Å². The summed E-state index contributed by atoms with van der Waals surface area (Å²) in [6, 6.07) is 23.6. The number of ketones is 2. The van der Waals surface area contributed by atoms with E-state index in [0.29, 0.717) is 22.6 Å². The van der Waals surface area contributed by atoms with Crippen LogP contribution in [0.4, 0.5) is 0 Å². The van der Waals surface area contributed by atoms with Crippen molar-refractivity contribution < 1.29 is 14.3 Å². The zero-order valence-electron chi connectivity index (χ0n) is 14.6. The number of fused-ring (bicyclic) bond motifs is 3. The largest absolute Gasteiger partial charge is 0.456 e. The summed E-state index contributed by atoms with van der Waals surface area (Å²) in [5, 5.41) is 2.22. The lowest BCUT2D eigenvalue weighted by atomic mass is 9.83. The summed E-state index contributed by atoms with van der Waals surface area (Å²) in [7, 11) is 0. The van der Waals surface area contributed by atoms with Crippen molar-refractivity contribution in [2.45, 2.75) is 0 Å². The van der Waals surface area contributed by atoms with E-state index in [2.05, 4.69) is 0 Å². The predicted octanol–water partition coefficient (Wildman–Crippen LogP) is 6.06. The van der Waals surface area contributed by atoms with E-state index in [0.717, 1.165) is 10.8 Å². The van der Waals surface area contributed by atoms with Gasteiger partial charge < -0.3 is 4.74 Å². The van der Waals surface area contributed by atoms with Crippen LogP contribution in [0.5, 0.6) is 11.5 Å². The zero-order chi connectivity index (χ0) is 19.3. The molecule has 4 heteroatoms. The summed E-state index contributed by atoms with van der Waals surface area (Å²) in [4.78, 5) is 26.2. The van der Waals surface area contributed by atoms with Crippen molar-refractivity contribution in [3.8, 4) is 11.5 Å². The number of rotatable bonds is 2. The lowest BCUT2D eigenvalue weighted by molar-refractivity contribution is 0.0977. The lowest BCUT2D eigenvalue weighted by Gasteiger charge is -2.21. The van der Waals surface area contributed by atoms with Crippen molar-refractivity contribution >= 4 is 33.9 Å². The molecule has 0 saturated heterocycles. The molecule has 0 spiro atoms. The van der Waals surface area contributed by atoms with Crippen LogP contribution >= 0.6 is 11.6 Å². The number of halogens is 1. The van der Waals surface area contributed by atoms with Crippen molar-refractivity contribution in [3.63, 3.8) is 0 Å². The second-order valence-electron chi connectivity index (χ2n) is 6.58. The Bertz CT molecular complexity index is 1290. The maximum Gasteiger partial charge on any atom is 0.199 e. The molecule has 28 heavy (non-hydrogen) atoms. The highest BCUT2D eigenvalue weighted by Crippen LogP contribution is 2.39. The highest BCUT2D eigenvalue weighted by molar-refractivity contribution is 6.39. The zero-order valence-corrected chi connectivity index (χ0v) is 15.4. The molecule has 1 aliphatic carbocycles. The van der Waals surface area contributed by atoms with Crippen molar-refractivity contribution in [2.75, 3.05) is 0 Å². The van der Waals surface area contributed by atoms with E-state index in [1.54, 1.807) is 36.4 Å². The minimum Gasteiger partial charge on any atom is -0.456 e. The molecule has 3 nitrogen and oxygen atoms in total. The Morgan fingerprint density at radius 1 is 0.607 bits per heavy atom. The Balaban J connectivity index is 1.69. The molecule has 0 bridgehead atoms. The monoisotopic (exact) mass is 384 g/mol. The molecule has 1 aliphatic rings. The second kappa shape index (κ2) is 6.32. The molecular weight excluding hydrogens is 372 g/mol. The van der Waals surface area contributed by atoms with Gasteiger partial charge in [0, 0.05) is 16.5 Å². The summed E-state index contributed by atoms with van der Waals surface area (Å²) in [6.45, 7) is 0. The van der Waals surface area contributed by atoms with Gasteiger partial charge in [0.1, 0.15) is 11.5 Å². The van der Waals surface area contributed by atoms with E-state index in [9.17, 15) is 9.59 Å². The Labute approximate surface area is 166 Å². The number of ether oxygens (including phenoxy) is 1. The smallest absolute Gasteiger partial charge is 0.199 e. The molecule has 0 unspecified atom stereocenters. The molecule has 0 aromatic heterocycles. The summed E-state index contributed by atoms with van der Waals surface area (Å²) in [6.07, 6.45) is 0. The molecule has 0 fully saturated rings. The van der Waals surface area contributed by atoms with E-state index in [-0.39, 0.29) is 27.7 Å². The van der Waals surface area contributed by atoms with Gasteiger partial charge in [-0.3, -0.25) is 9.59 Å². The van der Waals surface area contributed by atoms with Gasteiger partial charge in [0.2, 0.25) is 0 Å². The maximum absolute atomic E-state index is 13.2. The standard InChI is InChI=1S/C24H13ClO3/c25-18-11-4-9-16-21(18)24(27)22-17(23(16)26)10-5-13-20(22)28-19-12-3-7-14-6-1-2-8-15(14)19/h1-13H. The normalized spacial score (nSPS) is 12.6. The first-order chi connectivity index (χ1) is 13.6. The molecule has 4 aromatic carbocycles. The van der Waals surface area contributed by atoms with Crippen LogP contribution in [-0.2, 0) is 0 Å². The first-order valence-corrected chi connectivity index (χ1v) is 9.19. The van der Waals surface area contributed by atoms with Gasteiger partial charge in [-0.1, -0.05) is 72.3 Å². The van der Waals surface area contributed by atoms with Gasteiger partial charge in [-0.05, 0) is 23.6 Å². The van der Waals surface area contributed by atoms with E-state index < -0.39 is 0 Å². The van der Waals surface area contributed by atoms with E-state index in [4.69, 9.17) is 16.3 Å². The fourth-order valence-electron chi connectivity index (χ4n) is 3.66. The molecule has 0 N–H and O–H groups in total. The highest BCUT2D eigenvalue weighted by atomic mass is 35.5. The first kappa shape index (κ1) is 16.7. The highest BCUT2D eigenvalue weighted by Gasteiger charge is 2.34. The lowest BCUT2D eigenvalue weighted by Crippen LogP contribution is -2.22. The fraction of sp³-hybridized carbons (Fsp3) is 0. The molecule has 4 aromatic rings. The minimum atomic E-state index is -0.300. The molecule has 0 atom stereocenters. The number of carbonyl (C=O) groups excluding carboxylic acids is 2. The molecule has 5 rings (SSSR count). The van der Waals surface area contributed by atoms with Crippen LogP contribution in [0.25, 0.3) is 10.8 Å². The Kier molecular flexibility index (Phi) is 3.78. The second-order valence-corrected chi connectivity index (χ2v) is 6.99. The SMILES string of the molecule is O=C1c2cccc(Cl)c2C(=O)c2c(Oc3cccc4ccccc34)cccc21. The van der Waals surface area contributed by atoms with Crippen LogP contribution in [0.2, 0.25) is 5.02 Å². The van der Waals surface area contributed by atoms with Crippen LogP contribution in [0.1, 0.15) is 31.8 Å². The van der Waals surface area contributed by atoms with Gasteiger partial charge in [-0.25, -0.2) is 0 Å². The first-order valence-electron chi connectivity index (χ1n) is 8.81. The van der Waals surface area contributed by atoms with Gasteiger partial charge >= 0.3 is 0 Å². The summed E-state index contributed by atoms with van der Waals surface area (Å²) >= 11 is 6.25. The quantitative estimate of drug-likeness (QED) is 0.371. The van der Waals surface area contributed by atoms with Gasteiger partial charge in [-0.15, -0.1) is 0 Å². The van der Waals surface area contributed by atoms with E-state index in [1.165, 1.54) is 0 Å². The topological polar surface area (TPSA) is 43.4 Å². The number of hydrogen-bond donors (Lipinski definition) is 0.